The van der Waals surface area contributed by atoms with Crippen LogP contribution in [0.3, 0.4) is 0 Å². The average Bonchev–Trinajstić information content (AvgIpc) is 2.94. The van der Waals surface area contributed by atoms with Crippen molar-refractivity contribution < 1.29 is 18.7 Å². The predicted molar refractivity (Wildman–Crippen MR) is 69.4 cm³/mol. The van der Waals surface area contributed by atoms with Gasteiger partial charge in [-0.05, 0) is 30.9 Å². The molecule has 4 heteroatoms. The first-order chi connectivity index (χ1) is 9.22. The lowest BCUT2D eigenvalue weighted by Crippen LogP contribution is -2.29. The normalized spacial score (nSPS) is 17.2. The summed E-state index contributed by atoms with van der Waals surface area (Å²) in [4.78, 5) is 11.8. The van der Waals surface area contributed by atoms with Crippen molar-refractivity contribution in [3.8, 4) is 5.75 Å². The molecule has 1 atom stereocenters. The van der Waals surface area contributed by atoms with Crippen LogP contribution in [0.15, 0.2) is 24.3 Å². The molecule has 1 aromatic carbocycles. The number of ether oxygens (including phenoxy) is 2. The van der Waals surface area contributed by atoms with Crippen LogP contribution in [-0.4, -0.2) is 19.7 Å². The molecule has 0 saturated heterocycles. The molecule has 0 heterocycles. The maximum Gasteiger partial charge on any atom is 0.312 e. The van der Waals surface area contributed by atoms with Crippen LogP contribution < -0.4 is 4.74 Å². The van der Waals surface area contributed by atoms with Crippen LogP contribution >= 0.6 is 0 Å². The van der Waals surface area contributed by atoms with E-state index in [-0.39, 0.29) is 24.2 Å². The average molecular weight is 266 g/mol. The highest BCUT2D eigenvalue weighted by atomic mass is 19.1. The van der Waals surface area contributed by atoms with E-state index in [9.17, 15) is 9.18 Å². The molecule has 0 N–H and O–H groups in total. The van der Waals surface area contributed by atoms with Gasteiger partial charge in [0.05, 0.1) is 13.0 Å². The quantitative estimate of drug-likeness (QED) is 0.768. The molecule has 0 aliphatic heterocycles. The van der Waals surface area contributed by atoms with E-state index < -0.39 is 5.82 Å². The molecule has 1 aliphatic carbocycles. The van der Waals surface area contributed by atoms with E-state index in [4.69, 9.17) is 9.47 Å². The number of esters is 1. The van der Waals surface area contributed by atoms with Crippen LogP contribution in [0, 0.1) is 17.7 Å². The van der Waals surface area contributed by atoms with Gasteiger partial charge < -0.3 is 9.47 Å². The Labute approximate surface area is 112 Å². The zero-order valence-electron chi connectivity index (χ0n) is 11.1. The minimum absolute atomic E-state index is 0.179. The second-order valence-electron chi connectivity index (χ2n) is 4.92. The molecule has 0 spiro atoms. The highest BCUT2D eigenvalue weighted by molar-refractivity contribution is 5.72. The molecule has 104 valence electrons. The number of rotatable bonds is 5. The van der Waals surface area contributed by atoms with Crippen molar-refractivity contribution in [2.24, 2.45) is 11.8 Å². The topological polar surface area (TPSA) is 35.5 Å². The van der Waals surface area contributed by atoms with Gasteiger partial charge >= 0.3 is 5.97 Å². The lowest BCUT2D eigenvalue weighted by atomic mass is 9.91. The summed E-state index contributed by atoms with van der Waals surface area (Å²) in [5, 5.41) is 0. The zero-order valence-corrected chi connectivity index (χ0v) is 11.1. The van der Waals surface area contributed by atoms with Gasteiger partial charge in [0.15, 0.2) is 11.6 Å². The number of carbonyl (C=O) groups is 1. The summed E-state index contributed by atoms with van der Waals surface area (Å²) in [5.41, 5.74) is 0. The minimum atomic E-state index is -0.405. The standard InChI is InChI=1S/C15H19FO3/c1-18-15(17)12(11-6-2-3-7-11)10-19-14-9-5-4-8-13(14)16/h4-5,8-9,11-12H,2-3,6-7,10H2,1H3. The van der Waals surface area contributed by atoms with Crippen LogP contribution in [0.4, 0.5) is 4.39 Å². The third-order valence-electron chi connectivity index (χ3n) is 3.73. The summed E-state index contributed by atoms with van der Waals surface area (Å²) in [6, 6.07) is 6.23. The number of hydrogen-bond acceptors (Lipinski definition) is 3. The first-order valence-electron chi connectivity index (χ1n) is 6.67. The third-order valence-corrected chi connectivity index (χ3v) is 3.73. The van der Waals surface area contributed by atoms with Gasteiger partial charge in [-0.3, -0.25) is 4.79 Å². The van der Waals surface area contributed by atoms with E-state index in [1.54, 1.807) is 18.2 Å². The molecular formula is C15H19FO3. The molecule has 1 aromatic rings. The Hall–Kier alpha value is -1.58. The fourth-order valence-electron chi connectivity index (χ4n) is 2.65. The van der Waals surface area contributed by atoms with Crippen LogP contribution in [0.2, 0.25) is 0 Å². The Balaban J connectivity index is 2.00. The number of para-hydroxylation sites is 1. The van der Waals surface area contributed by atoms with Gasteiger partial charge in [0, 0.05) is 0 Å². The SMILES string of the molecule is COC(=O)C(COc1ccccc1F)C1CCCC1. The van der Waals surface area contributed by atoms with Gasteiger partial charge in [-0.25, -0.2) is 4.39 Å². The van der Waals surface area contributed by atoms with E-state index in [1.165, 1.54) is 13.2 Å². The molecule has 2 rings (SSSR count). The number of benzene rings is 1. The van der Waals surface area contributed by atoms with Gasteiger partial charge in [0.2, 0.25) is 0 Å². The minimum Gasteiger partial charge on any atom is -0.490 e. The second-order valence-corrected chi connectivity index (χ2v) is 4.92. The molecule has 0 amide bonds. The van der Waals surface area contributed by atoms with E-state index in [0.717, 1.165) is 25.7 Å². The molecule has 1 fully saturated rings. The maximum absolute atomic E-state index is 13.5. The largest absolute Gasteiger partial charge is 0.490 e. The molecule has 1 saturated carbocycles. The summed E-state index contributed by atoms with van der Waals surface area (Å²) in [6.07, 6.45) is 4.30. The van der Waals surface area contributed by atoms with E-state index in [1.807, 2.05) is 0 Å². The molecule has 3 nitrogen and oxygen atoms in total. The Bertz CT molecular complexity index is 427. The van der Waals surface area contributed by atoms with Crippen molar-refractivity contribution in [2.75, 3.05) is 13.7 Å². The van der Waals surface area contributed by atoms with Gasteiger partial charge in [0.1, 0.15) is 6.61 Å². The predicted octanol–water partition coefficient (Wildman–Crippen LogP) is 3.18. The van der Waals surface area contributed by atoms with Crippen molar-refractivity contribution in [3.05, 3.63) is 30.1 Å². The summed E-state index contributed by atoms with van der Waals surface area (Å²) in [7, 11) is 1.38. The summed E-state index contributed by atoms with van der Waals surface area (Å²) in [6.45, 7) is 0.179. The Kier molecular flexibility index (Phi) is 4.77. The molecule has 0 bridgehead atoms. The lowest BCUT2D eigenvalue weighted by molar-refractivity contribution is -0.148. The monoisotopic (exact) mass is 266 g/mol. The van der Waals surface area contributed by atoms with E-state index in [0.29, 0.717) is 5.92 Å². The number of carbonyl (C=O) groups excluding carboxylic acids is 1. The van der Waals surface area contributed by atoms with Crippen molar-refractivity contribution in [2.45, 2.75) is 25.7 Å². The summed E-state index contributed by atoms with van der Waals surface area (Å²) in [5.74, 6) is -0.485. The van der Waals surface area contributed by atoms with Crippen molar-refractivity contribution in [1.29, 1.82) is 0 Å². The lowest BCUT2D eigenvalue weighted by Gasteiger charge is -2.21. The maximum atomic E-state index is 13.5. The number of methoxy groups -OCH3 is 1. The first-order valence-corrected chi connectivity index (χ1v) is 6.67. The molecule has 1 unspecified atom stereocenters. The molecular weight excluding hydrogens is 247 g/mol. The van der Waals surface area contributed by atoms with Gasteiger partial charge in [-0.1, -0.05) is 25.0 Å². The first kappa shape index (κ1) is 13.8. The van der Waals surface area contributed by atoms with Crippen molar-refractivity contribution in [1.82, 2.24) is 0 Å². The van der Waals surface area contributed by atoms with E-state index in [2.05, 4.69) is 0 Å². The Morgan fingerprint density at radius 3 is 2.68 bits per heavy atom. The van der Waals surface area contributed by atoms with Gasteiger partial charge in [-0.2, -0.15) is 0 Å². The van der Waals surface area contributed by atoms with Crippen molar-refractivity contribution in [3.63, 3.8) is 0 Å². The van der Waals surface area contributed by atoms with Gasteiger partial charge in [-0.15, -0.1) is 0 Å². The van der Waals surface area contributed by atoms with Crippen LogP contribution in [-0.2, 0) is 9.53 Å². The molecule has 0 aromatic heterocycles. The number of halogens is 1. The Morgan fingerprint density at radius 2 is 2.05 bits per heavy atom. The van der Waals surface area contributed by atoms with E-state index >= 15 is 0 Å². The van der Waals surface area contributed by atoms with Crippen LogP contribution in [0.1, 0.15) is 25.7 Å². The second kappa shape index (κ2) is 6.55. The fraction of sp³-hybridized carbons (Fsp3) is 0.533. The summed E-state index contributed by atoms with van der Waals surface area (Å²) >= 11 is 0. The summed E-state index contributed by atoms with van der Waals surface area (Å²) < 4.78 is 23.7. The number of hydrogen-bond donors (Lipinski definition) is 0. The zero-order chi connectivity index (χ0) is 13.7. The molecule has 19 heavy (non-hydrogen) atoms. The highest BCUT2D eigenvalue weighted by Gasteiger charge is 2.32. The smallest absolute Gasteiger partial charge is 0.312 e. The molecule has 1 aliphatic rings. The van der Waals surface area contributed by atoms with Gasteiger partial charge in [0.25, 0.3) is 0 Å². The fourth-order valence-corrected chi connectivity index (χ4v) is 2.65. The van der Waals surface area contributed by atoms with Crippen molar-refractivity contribution >= 4 is 5.97 Å². The highest BCUT2D eigenvalue weighted by Crippen LogP contribution is 2.32. The van der Waals surface area contributed by atoms with Crippen LogP contribution in [0.5, 0.6) is 5.75 Å². The molecule has 0 radical (unpaired) electrons. The Morgan fingerprint density at radius 1 is 1.37 bits per heavy atom. The third kappa shape index (κ3) is 3.46. The van der Waals surface area contributed by atoms with Crippen LogP contribution in [0.25, 0.3) is 0 Å².